The van der Waals surface area contributed by atoms with Crippen LogP contribution in [0.3, 0.4) is 0 Å². The Hall–Kier alpha value is -1.56. The van der Waals surface area contributed by atoms with Crippen molar-refractivity contribution in [2.45, 2.75) is 12.8 Å². The number of hydrogen-bond donors (Lipinski definition) is 1. The molecule has 0 fully saturated rings. The molecule has 3 rings (SSSR count). The first-order chi connectivity index (χ1) is 8.24. The molecule has 2 N–H and O–H groups in total. The highest BCUT2D eigenvalue weighted by atomic mass is 79.9. The van der Waals surface area contributed by atoms with E-state index in [4.69, 9.17) is 10.5 Å². The number of allylic oxidation sites excluding steroid dienone is 1. The lowest BCUT2D eigenvalue weighted by Gasteiger charge is -2.11. The van der Waals surface area contributed by atoms with Crippen LogP contribution in [0.25, 0.3) is 11.4 Å². The number of rotatable bonds is 1. The number of anilines is 1. The van der Waals surface area contributed by atoms with E-state index in [2.05, 4.69) is 26.0 Å². The summed E-state index contributed by atoms with van der Waals surface area (Å²) in [6, 6.07) is 3.66. The predicted octanol–water partition coefficient (Wildman–Crippen LogP) is 2.23. The summed E-state index contributed by atoms with van der Waals surface area (Å²) < 4.78 is 8.03. The SMILES string of the molecule is Nc1cc(Br)cc2nc(C3=CCCCO3)nn12. The Morgan fingerprint density at radius 3 is 3.06 bits per heavy atom. The smallest absolute Gasteiger partial charge is 0.217 e. The molecule has 0 atom stereocenters. The summed E-state index contributed by atoms with van der Waals surface area (Å²) >= 11 is 3.38. The van der Waals surface area contributed by atoms with E-state index >= 15 is 0 Å². The van der Waals surface area contributed by atoms with Gasteiger partial charge >= 0.3 is 0 Å². The number of ether oxygens (including phenoxy) is 1. The molecule has 3 heterocycles. The Labute approximate surface area is 106 Å². The van der Waals surface area contributed by atoms with Gasteiger partial charge in [-0.2, -0.15) is 4.52 Å². The van der Waals surface area contributed by atoms with Crippen LogP contribution in [0.1, 0.15) is 18.7 Å². The largest absolute Gasteiger partial charge is 0.490 e. The number of halogens is 1. The first-order valence-corrected chi connectivity index (χ1v) is 6.18. The quantitative estimate of drug-likeness (QED) is 0.876. The topological polar surface area (TPSA) is 65.4 Å². The van der Waals surface area contributed by atoms with Crippen molar-refractivity contribution in [1.82, 2.24) is 14.6 Å². The van der Waals surface area contributed by atoms with Crippen molar-refractivity contribution in [3.8, 4) is 0 Å². The van der Waals surface area contributed by atoms with Gasteiger partial charge in [0.2, 0.25) is 5.82 Å². The number of nitrogens with two attached hydrogens (primary N) is 1. The third-order valence-corrected chi connectivity index (χ3v) is 3.04. The maximum Gasteiger partial charge on any atom is 0.217 e. The maximum absolute atomic E-state index is 5.87. The highest BCUT2D eigenvalue weighted by molar-refractivity contribution is 9.10. The summed E-state index contributed by atoms with van der Waals surface area (Å²) in [6.45, 7) is 0.723. The molecule has 2 aromatic heterocycles. The lowest BCUT2D eigenvalue weighted by atomic mass is 10.2. The van der Waals surface area contributed by atoms with Crippen LogP contribution in [0, 0.1) is 0 Å². The van der Waals surface area contributed by atoms with Crippen molar-refractivity contribution >= 4 is 33.2 Å². The lowest BCUT2D eigenvalue weighted by Crippen LogP contribution is -2.02. The van der Waals surface area contributed by atoms with Gasteiger partial charge in [0.15, 0.2) is 11.4 Å². The Bertz CT molecular complexity index is 605. The van der Waals surface area contributed by atoms with Gasteiger partial charge in [-0.3, -0.25) is 0 Å². The molecule has 0 unspecified atom stereocenters. The molecule has 1 aliphatic heterocycles. The monoisotopic (exact) mass is 294 g/mol. The second kappa shape index (κ2) is 4.03. The molecule has 0 saturated carbocycles. The molecule has 0 aliphatic carbocycles. The Kier molecular flexibility index (Phi) is 2.51. The normalized spacial score (nSPS) is 15.7. The van der Waals surface area contributed by atoms with Crippen molar-refractivity contribution in [2.24, 2.45) is 0 Å². The zero-order chi connectivity index (χ0) is 11.8. The van der Waals surface area contributed by atoms with Crippen LogP contribution in [-0.4, -0.2) is 21.2 Å². The third kappa shape index (κ3) is 1.88. The number of nitrogen functional groups attached to an aromatic ring is 1. The molecule has 0 spiro atoms. The van der Waals surface area contributed by atoms with Crippen LogP contribution in [0.5, 0.6) is 0 Å². The van der Waals surface area contributed by atoms with Crippen molar-refractivity contribution in [1.29, 1.82) is 0 Å². The Morgan fingerprint density at radius 1 is 1.41 bits per heavy atom. The predicted molar refractivity (Wildman–Crippen MR) is 68.3 cm³/mol. The molecule has 1 aliphatic rings. The average Bonchev–Trinajstić information content (AvgIpc) is 2.74. The van der Waals surface area contributed by atoms with E-state index in [0.717, 1.165) is 29.7 Å². The van der Waals surface area contributed by atoms with Gasteiger partial charge in [-0.15, -0.1) is 5.10 Å². The van der Waals surface area contributed by atoms with Crippen molar-refractivity contribution in [3.05, 3.63) is 28.5 Å². The van der Waals surface area contributed by atoms with Gasteiger partial charge in [0.1, 0.15) is 5.82 Å². The van der Waals surface area contributed by atoms with Gasteiger partial charge in [-0.05, 0) is 31.1 Å². The first kappa shape index (κ1) is 10.6. The van der Waals surface area contributed by atoms with Crippen LogP contribution in [0.2, 0.25) is 0 Å². The molecule has 0 radical (unpaired) electrons. The summed E-state index contributed by atoms with van der Waals surface area (Å²) in [7, 11) is 0. The van der Waals surface area contributed by atoms with Gasteiger partial charge in [-0.1, -0.05) is 15.9 Å². The fourth-order valence-electron chi connectivity index (χ4n) is 1.79. The highest BCUT2D eigenvalue weighted by Crippen LogP contribution is 2.22. The fraction of sp³-hybridized carbons (Fsp3) is 0.273. The minimum atomic E-state index is 0.546. The van der Waals surface area contributed by atoms with Gasteiger partial charge in [-0.25, -0.2) is 4.98 Å². The number of hydrogen-bond acceptors (Lipinski definition) is 4. The molecule has 0 saturated heterocycles. The standard InChI is InChI=1S/C11H11BrN4O/c12-7-5-9(13)16-10(6-7)14-11(15-16)8-3-1-2-4-17-8/h3,5-6H,1-2,4,13H2. The maximum atomic E-state index is 5.87. The van der Waals surface area contributed by atoms with E-state index in [1.54, 1.807) is 10.6 Å². The average molecular weight is 295 g/mol. The van der Waals surface area contributed by atoms with Crippen molar-refractivity contribution in [2.75, 3.05) is 12.3 Å². The number of fused-ring (bicyclic) bond motifs is 1. The zero-order valence-corrected chi connectivity index (χ0v) is 10.6. The molecule has 6 heteroatoms. The molecule has 0 bridgehead atoms. The van der Waals surface area contributed by atoms with E-state index in [1.165, 1.54) is 0 Å². The van der Waals surface area contributed by atoms with E-state index in [-0.39, 0.29) is 0 Å². The van der Waals surface area contributed by atoms with Crippen molar-refractivity contribution < 1.29 is 4.74 Å². The van der Waals surface area contributed by atoms with E-state index in [0.29, 0.717) is 17.3 Å². The van der Waals surface area contributed by atoms with Crippen molar-refractivity contribution in [3.63, 3.8) is 0 Å². The Morgan fingerprint density at radius 2 is 2.29 bits per heavy atom. The fourth-order valence-corrected chi connectivity index (χ4v) is 2.23. The molecule has 5 nitrogen and oxygen atoms in total. The van der Waals surface area contributed by atoms with E-state index in [9.17, 15) is 0 Å². The van der Waals surface area contributed by atoms with Gasteiger partial charge in [0.25, 0.3) is 0 Å². The lowest BCUT2D eigenvalue weighted by molar-refractivity contribution is 0.256. The summed E-state index contributed by atoms with van der Waals surface area (Å²) in [6.07, 6.45) is 4.07. The molecule has 88 valence electrons. The second-order valence-corrected chi connectivity index (χ2v) is 4.78. The molecule has 0 aromatic carbocycles. The number of aromatic nitrogens is 3. The molecule has 0 amide bonds. The van der Waals surface area contributed by atoms with Crippen LogP contribution < -0.4 is 5.73 Å². The first-order valence-electron chi connectivity index (χ1n) is 5.39. The highest BCUT2D eigenvalue weighted by Gasteiger charge is 2.14. The molecule has 17 heavy (non-hydrogen) atoms. The summed E-state index contributed by atoms with van der Waals surface area (Å²) in [4.78, 5) is 4.41. The van der Waals surface area contributed by atoms with E-state index in [1.807, 2.05) is 12.1 Å². The van der Waals surface area contributed by atoms with Crippen LogP contribution in [0.4, 0.5) is 5.82 Å². The van der Waals surface area contributed by atoms with E-state index < -0.39 is 0 Å². The van der Waals surface area contributed by atoms with Crippen LogP contribution in [-0.2, 0) is 4.74 Å². The number of nitrogens with zero attached hydrogens (tertiary/aromatic N) is 3. The summed E-state index contributed by atoms with van der Waals surface area (Å²) in [5.74, 6) is 1.88. The molecule has 2 aromatic rings. The summed E-state index contributed by atoms with van der Waals surface area (Å²) in [5.41, 5.74) is 6.58. The zero-order valence-electron chi connectivity index (χ0n) is 9.06. The number of pyridine rings is 1. The molecular formula is C11H11BrN4O. The van der Waals surface area contributed by atoms with Crippen LogP contribution >= 0.6 is 15.9 Å². The molecular weight excluding hydrogens is 284 g/mol. The minimum Gasteiger partial charge on any atom is -0.490 e. The van der Waals surface area contributed by atoms with Crippen LogP contribution in [0.15, 0.2) is 22.7 Å². The second-order valence-electron chi connectivity index (χ2n) is 3.86. The Balaban J connectivity index is 2.13. The summed E-state index contributed by atoms with van der Waals surface area (Å²) in [5, 5.41) is 4.34. The van der Waals surface area contributed by atoms with Gasteiger partial charge < -0.3 is 10.5 Å². The minimum absolute atomic E-state index is 0.546. The van der Waals surface area contributed by atoms with Gasteiger partial charge in [0.05, 0.1) is 6.61 Å². The van der Waals surface area contributed by atoms with Gasteiger partial charge in [0, 0.05) is 4.47 Å². The third-order valence-electron chi connectivity index (χ3n) is 2.59.